The lowest BCUT2D eigenvalue weighted by Crippen LogP contribution is -1.85. The van der Waals surface area contributed by atoms with Gasteiger partial charge in [-0.05, 0) is 29.8 Å². The van der Waals surface area contributed by atoms with Crippen molar-refractivity contribution in [3.05, 3.63) is 18.5 Å². The molecule has 1 aromatic heterocycles. The molecule has 0 aromatic carbocycles. The molecular weight excluding hydrogens is 166 g/mol. The van der Waals surface area contributed by atoms with Gasteiger partial charge in [-0.1, -0.05) is 0 Å². The minimum atomic E-state index is 0.720. The summed E-state index contributed by atoms with van der Waals surface area (Å²) in [6, 6.07) is 1.85. The van der Waals surface area contributed by atoms with Gasteiger partial charge in [0.05, 0.1) is 5.08 Å². The van der Waals surface area contributed by atoms with Gasteiger partial charge in [-0.25, -0.2) is 4.09 Å². The lowest BCUT2D eigenvalue weighted by molar-refractivity contribution is 1.01. The maximum Gasteiger partial charge on any atom is 0.134 e. The summed E-state index contributed by atoms with van der Waals surface area (Å²) in [6.45, 7) is 0. The number of thioether (sulfide) groups is 1. The van der Waals surface area contributed by atoms with E-state index in [0.717, 1.165) is 5.08 Å². The molecule has 0 saturated heterocycles. The van der Waals surface area contributed by atoms with Gasteiger partial charge in [0.15, 0.2) is 0 Å². The first-order valence-corrected chi connectivity index (χ1v) is 4.50. The Balaban J connectivity index is 2.23. The van der Waals surface area contributed by atoms with Crippen LogP contribution in [0.25, 0.3) is 0 Å². The molecule has 0 bridgehead atoms. The van der Waals surface area contributed by atoms with E-state index in [4.69, 9.17) is 5.26 Å². The molecule has 0 N–H and O–H groups in total. The molecule has 0 saturated carbocycles. The lowest BCUT2D eigenvalue weighted by atomic mass is 10.8. The molecule has 0 aliphatic carbocycles. The number of rotatable bonds is 3. The monoisotopic (exact) mass is 171 g/mol. The van der Waals surface area contributed by atoms with Crippen LogP contribution >= 0.6 is 23.7 Å². The number of hydrogen-bond donors (Lipinski definition) is 0. The van der Waals surface area contributed by atoms with Crippen molar-refractivity contribution in [3.63, 3.8) is 0 Å². The number of thiocyanates is 1. The molecule has 1 heterocycles. The van der Waals surface area contributed by atoms with Gasteiger partial charge in [0, 0.05) is 12.4 Å². The lowest BCUT2D eigenvalue weighted by Gasteiger charge is -1.93. The highest BCUT2D eigenvalue weighted by molar-refractivity contribution is 8.17. The summed E-state index contributed by atoms with van der Waals surface area (Å²) in [5, 5.41) is 14.8. The summed E-state index contributed by atoms with van der Waals surface area (Å²) in [5.74, 6) is 0. The standard InChI is InChI=1S/C5H5N3S2/c6-4-9-5-10-8-3-1-2-7-8/h1-3H,5H2. The SMILES string of the molecule is N#CSCSn1cccn1. The van der Waals surface area contributed by atoms with Crippen molar-refractivity contribution in [2.45, 2.75) is 0 Å². The van der Waals surface area contributed by atoms with Crippen molar-refractivity contribution < 1.29 is 0 Å². The van der Waals surface area contributed by atoms with E-state index in [2.05, 4.69) is 5.10 Å². The first-order valence-electron chi connectivity index (χ1n) is 2.57. The van der Waals surface area contributed by atoms with E-state index >= 15 is 0 Å². The maximum atomic E-state index is 8.16. The molecule has 0 aliphatic rings. The number of aromatic nitrogens is 2. The van der Waals surface area contributed by atoms with Crippen LogP contribution in [0.3, 0.4) is 0 Å². The van der Waals surface area contributed by atoms with E-state index in [0.29, 0.717) is 0 Å². The summed E-state index contributed by atoms with van der Waals surface area (Å²) < 4.78 is 1.73. The van der Waals surface area contributed by atoms with Crippen molar-refractivity contribution in [1.29, 1.82) is 5.26 Å². The zero-order chi connectivity index (χ0) is 7.23. The molecule has 1 aromatic rings. The third-order valence-corrected chi connectivity index (χ3v) is 2.29. The first-order chi connectivity index (χ1) is 4.93. The Labute approximate surface area is 67.5 Å². The van der Waals surface area contributed by atoms with E-state index in [1.165, 1.54) is 23.7 Å². The second-order valence-electron chi connectivity index (χ2n) is 1.39. The van der Waals surface area contributed by atoms with Gasteiger partial charge in [0.25, 0.3) is 0 Å². The zero-order valence-corrected chi connectivity index (χ0v) is 6.73. The van der Waals surface area contributed by atoms with Gasteiger partial charge in [0.2, 0.25) is 0 Å². The summed E-state index contributed by atoms with van der Waals surface area (Å²) >= 11 is 2.71. The van der Waals surface area contributed by atoms with Crippen LogP contribution in [0.2, 0.25) is 0 Å². The Morgan fingerprint density at radius 3 is 3.20 bits per heavy atom. The van der Waals surface area contributed by atoms with Crippen LogP contribution in [0.1, 0.15) is 0 Å². The van der Waals surface area contributed by atoms with Gasteiger partial charge in [-0.2, -0.15) is 10.4 Å². The second kappa shape index (κ2) is 4.25. The molecule has 52 valence electrons. The van der Waals surface area contributed by atoms with Gasteiger partial charge in [-0.3, -0.25) is 0 Å². The molecule has 0 fully saturated rings. The average Bonchev–Trinajstić information content (AvgIpc) is 2.41. The summed E-state index contributed by atoms with van der Waals surface area (Å²) in [6.07, 6.45) is 3.56. The van der Waals surface area contributed by atoms with Gasteiger partial charge in [0.1, 0.15) is 5.40 Å². The van der Waals surface area contributed by atoms with Crippen molar-refractivity contribution in [1.82, 2.24) is 9.19 Å². The van der Waals surface area contributed by atoms with E-state index in [1.54, 1.807) is 10.3 Å². The van der Waals surface area contributed by atoms with Gasteiger partial charge >= 0.3 is 0 Å². The molecule has 0 amide bonds. The minimum Gasteiger partial charge on any atom is -0.213 e. The minimum absolute atomic E-state index is 0.720. The number of nitriles is 1. The van der Waals surface area contributed by atoms with Crippen LogP contribution in [0.15, 0.2) is 18.5 Å². The quantitative estimate of drug-likeness (QED) is 0.393. The largest absolute Gasteiger partial charge is 0.213 e. The molecule has 0 unspecified atom stereocenters. The molecular formula is C5H5N3S2. The molecule has 5 heteroatoms. The highest BCUT2D eigenvalue weighted by atomic mass is 32.2. The van der Waals surface area contributed by atoms with Crippen LogP contribution < -0.4 is 0 Å². The van der Waals surface area contributed by atoms with Crippen molar-refractivity contribution in [2.75, 3.05) is 5.08 Å². The van der Waals surface area contributed by atoms with Crippen LogP contribution in [0, 0.1) is 10.7 Å². The zero-order valence-electron chi connectivity index (χ0n) is 5.10. The predicted octanol–water partition coefficient (Wildman–Crippen LogP) is 1.55. The Morgan fingerprint density at radius 1 is 1.70 bits per heavy atom. The number of hydrogen-bond acceptors (Lipinski definition) is 4. The van der Waals surface area contributed by atoms with Crippen LogP contribution in [0.5, 0.6) is 0 Å². The third-order valence-electron chi connectivity index (χ3n) is 0.789. The fourth-order valence-corrected chi connectivity index (χ4v) is 1.57. The fourth-order valence-electron chi connectivity index (χ4n) is 0.438. The van der Waals surface area contributed by atoms with Crippen LogP contribution in [0.4, 0.5) is 0 Å². The third kappa shape index (κ3) is 2.33. The smallest absolute Gasteiger partial charge is 0.134 e. The van der Waals surface area contributed by atoms with E-state index in [9.17, 15) is 0 Å². The Morgan fingerprint density at radius 2 is 2.60 bits per heavy atom. The normalized spacial score (nSPS) is 9.10. The predicted molar refractivity (Wildman–Crippen MR) is 43.3 cm³/mol. The summed E-state index contributed by atoms with van der Waals surface area (Å²) in [7, 11) is 0. The Kier molecular flexibility index (Phi) is 3.19. The molecule has 10 heavy (non-hydrogen) atoms. The molecule has 0 radical (unpaired) electrons. The van der Waals surface area contributed by atoms with Crippen LogP contribution in [-0.4, -0.2) is 14.3 Å². The summed E-state index contributed by atoms with van der Waals surface area (Å²) in [4.78, 5) is 0. The Bertz CT molecular complexity index is 213. The highest BCUT2D eigenvalue weighted by Gasteiger charge is 1.89. The topological polar surface area (TPSA) is 41.6 Å². The van der Waals surface area contributed by atoms with Gasteiger partial charge in [-0.15, -0.1) is 0 Å². The van der Waals surface area contributed by atoms with Crippen LogP contribution in [-0.2, 0) is 0 Å². The number of nitrogens with zero attached hydrogens (tertiary/aromatic N) is 3. The molecule has 0 aliphatic heterocycles. The average molecular weight is 171 g/mol. The molecule has 0 atom stereocenters. The Hall–Kier alpha value is -0.600. The fraction of sp³-hybridized carbons (Fsp3) is 0.200. The first kappa shape index (κ1) is 7.51. The maximum absolute atomic E-state index is 8.16. The molecule has 3 nitrogen and oxygen atoms in total. The molecule has 1 rings (SSSR count). The van der Waals surface area contributed by atoms with E-state index in [1.807, 2.05) is 17.7 Å². The molecule has 0 spiro atoms. The second-order valence-corrected chi connectivity index (χ2v) is 3.44. The van der Waals surface area contributed by atoms with E-state index in [-0.39, 0.29) is 0 Å². The highest BCUT2D eigenvalue weighted by Crippen LogP contribution is 2.10. The van der Waals surface area contributed by atoms with E-state index < -0.39 is 0 Å². The summed E-state index contributed by atoms with van der Waals surface area (Å²) in [5.41, 5.74) is 0. The van der Waals surface area contributed by atoms with Gasteiger partial charge < -0.3 is 0 Å². The van der Waals surface area contributed by atoms with Crippen molar-refractivity contribution in [3.8, 4) is 5.40 Å². The van der Waals surface area contributed by atoms with Crippen molar-refractivity contribution >= 4 is 23.7 Å². The van der Waals surface area contributed by atoms with Crippen molar-refractivity contribution in [2.24, 2.45) is 0 Å².